The molecule has 0 aliphatic heterocycles. The van der Waals surface area contributed by atoms with Crippen LogP contribution in [0.2, 0.25) is 0 Å². The van der Waals surface area contributed by atoms with Crippen LogP contribution in [0.15, 0.2) is 0 Å². The van der Waals surface area contributed by atoms with Gasteiger partial charge in [-0.3, -0.25) is 0 Å². The molecule has 1 fully saturated rings. The fourth-order valence-corrected chi connectivity index (χ4v) is 2.46. The third kappa shape index (κ3) is 4.81. The highest BCUT2D eigenvalue weighted by Crippen LogP contribution is 2.33. The van der Waals surface area contributed by atoms with E-state index in [0.717, 1.165) is 44.9 Å². The molecule has 0 aromatic carbocycles. The first-order valence-corrected chi connectivity index (χ1v) is 6.62. The molecule has 1 aliphatic rings. The summed E-state index contributed by atoms with van der Waals surface area (Å²) in [5.41, 5.74) is -0.446. The number of hydrogen-bond donors (Lipinski definition) is 2. The van der Waals surface area contributed by atoms with Crippen LogP contribution in [0.3, 0.4) is 0 Å². The number of methoxy groups -OCH3 is 1. The average Bonchev–Trinajstić information content (AvgIpc) is 2.30. The molecule has 0 spiro atoms. The smallest absolute Gasteiger partial charge is 0.0771 e. The molecule has 0 unspecified atom stereocenters. The minimum absolute atomic E-state index is 0.446. The highest BCUT2D eigenvalue weighted by atomic mass is 16.5. The predicted octanol–water partition coefficient (Wildman–Crippen LogP) is 1.94. The topological polar surface area (TPSA) is 41.5 Å². The lowest BCUT2D eigenvalue weighted by molar-refractivity contribution is -0.00870. The van der Waals surface area contributed by atoms with Crippen molar-refractivity contribution in [2.75, 3.05) is 26.8 Å². The van der Waals surface area contributed by atoms with Gasteiger partial charge < -0.3 is 15.2 Å². The summed E-state index contributed by atoms with van der Waals surface area (Å²) in [5, 5.41) is 13.7. The standard InChI is InChI=1S/C13H27NO2/c1-3-12-5-7-13(15,8-6-12)11-14-9-4-10-16-2/h12,14-15H,3-11H2,1-2H3. The van der Waals surface area contributed by atoms with E-state index in [9.17, 15) is 5.11 Å². The summed E-state index contributed by atoms with van der Waals surface area (Å²) in [6.45, 7) is 4.72. The van der Waals surface area contributed by atoms with Gasteiger partial charge >= 0.3 is 0 Å². The maximum atomic E-state index is 10.3. The van der Waals surface area contributed by atoms with Crippen LogP contribution in [0.4, 0.5) is 0 Å². The lowest BCUT2D eigenvalue weighted by Gasteiger charge is -2.36. The van der Waals surface area contributed by atoms with Crippen molar-refractivity contribution in [3.8, 4) is 0 Å². The van der Waals surface area contributed by atoms with Crippen molar-refractivity contribution in [2.24, 2.45) is 5.92 Å². The number of ether oxygens (including phenoxy) is 1. The second-order valence-corrected chi connectivity index (χ2v) is 5.10. The average molecular weight is 229 g/mol. The normalized spacial score (nSPS) is 30.6. The second kappa shape index (κ2) is 7.25. The molecule has 1 aliphatic carbocycles. The van der Waals surface area contributed by atoms with E-state index in [1.165, 1.54) is 19.3 Å². The van der Waals surface area contributed by atoms with Crippen LogP contribution in [0.25, 0.3) is 0 Å². The largest absolute Gasteiger partial charge is 0.389 e. The third-order valence-electron chi connectivity index (χ3n) is 3.77. The van der Waals surface area contributed by atoms with Crippen LogP contribution in [0.1, 0.15) is 45.4 Å². The van der Waals surface area contributed by atoms with Crippen LogP contribution in [-0.2, 0) is 4.74 Å². The van der Waals surface area contributed by atoms with Crippen molar-refractivity contribution in [1.29, 1.82) is 0 Å². The van der Waals surface area contributed by atoms with Crippen molar-refractivity contribution >= 4 is 0 Å². The van der Waals surface area contributed by atoms with Crippen LogP contribution >= 0.6 is 0 Å². The molecule has 2 N–H and O–H groups in total. The summed E-state index contributed by atoms with van der Waals surface area (Å²) in [7, 11) is 1.72. The molecule has 16 heavy (non-hydrogen) atoms. The maximum absolute atomic E-state index is 10.3. The Kier molecular flexibility index (Phi) is 6.32. The van der Waals surface area contributed by atoms with Gasteiger partial charge in [-0.15, -0.1) is 0 Å². The quantitative estimate of drug-likeness (QED) is 0.656. The number of aliphatic hydroxyl groups is 1. The van der Waals surface area contributed by atoms with E-state index in [2.05, 4.69) is 12.2 Å². The van der Waals surface area contributed by atoms with E-state index in [1.807, 2.05) is 0 Å². The molecular weight excluding hydrogens is 202 g/mol. The lowest BCUT2D eigenvalue weighted by atomic mass is 9.78. The molecule has 0 aromatic heterocycles. The van der Waals surface area contributed by atoms with E-state index in [1.54, 1.807) is 7.11 Å². The van der Waals surface area contributed by atoms with E-state index in [0.29, 0.717) is 0 Å². The Balaban J connectivity index is 2.11. The van der Waals surface area contributed by atoms with Gasteiger partial charge in [-0.1, -0.05) is 13.3 Å². The van der Waals surface area contributed by atoms with Crippen molar-refractivity contribution in [3.63, 3.8) is 0 Å². The van der Waals surface area contributed by atoms with Gasteiger partial charge in [-0.25, -0.2) is 0 Å². The van der Waals surface area contributed by atoms with Crippen LogP contribution in [0.5, 0.6) is 0 Å². The first-order chi connectivity index (χ1) is 7.70. The molecule has 0 heterocycles. The SMILES string of the molecule is CCC1CCC(O)(CNCCCOC)CC1. The summed E-state index contributed by atoms with van der Waals surface area (Å²) >= 11 is 0. The van der Waals surface area contributed by atoms with E-state index in [-0.39, 0.29) is 0 Å². The van der Waals surface area contributed by atoms with Gasteiger partial charge in [-0.05, 0) is 44.6 Å². The maximum Gasteiger partial charge on any atom is 0.0771 e. The van der Waals surface area contributed by atoms with Gasteiger partial charge in [-0.2, -0.15) is 0 Å². The summed E-state index contributed by atoms with van der Waals surface area (Å²) < 4.78 is 4.99. The van der Waals surface area contributed by atoms with Gasteiger partial charge in [0.25, 0.3) is 0 Å². The Labute approximate surface area is 99.6 Å². The summed E-state index contributed by atoms with van der Waals surface area (Å²) in [5.74, 6) is 0.841. The summed E-state index contributed by atoms with van der Waals surface area (Å²) in [6.07, 6.45) is 6.58. The van der Waals surface area contributed by atoms with Gasteiger partial charge in [0.1, 0.15) is 0 Å². The predicted molar refractivity (Wildman–Crippen MR) is 66.6 cm³/mol. The Morgan fingerprint density at radius 3 is 2.62 bits per heavy atom. The number of hydrogen-bond acceptors (Lipinski definition) is 3. The van der Waals surface area contributed by atoms with Gasteiger partial charge in [0, 0.05) is 20.3 Å². The number of nitrogens with one attached hydrogen (secondary N) is 1. The zero-order chi connectivity index (χ0) is 11.9. The Hall–Kier alpha value is -0.120. The zero-order valence-corrected chi connectivity index (χ0v) is 10.8. The third-order valence-corrected chi connectivity index (χ3v) is 3.77. The van der Waals surface area contributed by atoms with Crippen LogP contribution in [0, 0.1) is 5.92 Å². The Morgan fingerprint density at radius 1 is 1.38 bits per heavy atom. The monoisotopic (exact) mass is 229 g/mol. The fraction of sp³-hybridized carbons (Fsp3) is 1.00. The molecule has 0 aromatic rings. The molecule has 96 valence electrons. The highest BCUT2D eigenvalue weighted by Gasteiger charge is 2.31. The minimum atomic E-state index is -0.446. The molecule has 0 saturated heterocycles. The van der Waals surface area contributed by atoms with Gasteiger partial charge in [0.15, 0.2) is 0 Å². The second-order valence-electron chi connectivity index (χ2n) is 5.10. The molecular formula is C13H27NO2. The van der Waals surface area contributed by atoms with Gasteiger partial charge in [0.2, 0.25) is 0 Å². The molecule has 3 heteroatoms. The molecule has 0 bridgehead atoms. The molecule has 3 nitrogen and oxygen atoms in total. The van der Waals surface area contributed by atoms with E-state index < -0.39 is 5.60 Å². The molecule has 0 amide bonds. The van der Waals surface area contributed by atoms with Crippen molar-refractivity contribution < 1.29 is 9.84 Å². The highest BCUT2D eigenvalue weighted by molar-refractivity contribution is 4.86. The first-order valence-electron chi connectivity index (χ1n) is 6.62. The van der Waals surface area contributed by atoms with E-state index in [4.69, 9.17) is 4.74 Å². The number of rotatable bonds is 7. The Morgan fingerprint density at radius 2 is 2.06 bits per heavy atom. The van der Waals surface area contributed by atoms with Crippen molar-refractivity contribution in [1.82, 2.24) is 5.32 Å². The van der Waals surface area contributed by atoms with Crippen molar-refractivity contribution in [2.45, 2.75) is 51.0 Å². The van der Waals surface area contributed by atoms with E-state index >= 15 is 0 Å². The summed E-state index contributed by atoms with van der Waals surface area (Å²) in [4.78, 5) is 0. The minimum Gasteiger partial charge on any atom is -0.389 e. The fourth-order valence-electron chi connectivity index (χ4n) is 2.46. The lowest BCUT2D eigenvalue weighted by Crippen LogP contribution is -2.43. The molecule has 0 atom stereocenters. The first kappa shape index (κ1) is 13.9. The van der Waals surface area contributed by atoms with Gasteiger partial charge in [0.05, 0.1) is 5.60 Å². The Bertz CT molecular complexity index is 177. The molecule has 1 saturated carbocycles. The molecule has 0 radical (unpaired) electrons. The zero-order valence-electron chi connectivity index (χ0n) is 10.8. The van der Waals surface area contributed by atoms with Crippen molar-refractivity contribution in [3.05, 3.63) is 0 Å². The van der Waals surface area contributed by atoms with Crippen LogP contribution in [-0.4, -0.2) is 37.5 Å². The summed E-state index contributed by atoms with van der Waals surface area (Å²) in [6, 6.07) is 0. The molecule has 1 rings (SSSR count). The van der Waals surface area contributed by atoms with Crippen LogP contribution < -0.4 is 5.32 Å².